The number of aromatic nitrogens is 5. The Morgan fingerprint density at radius 2 is 1.79 bits per heavy atom. The summed E-state index contributed by atoms with van der Waals surface area (Å²) in [5.41, 5.74) is 5.23. The van der Waals surface area contributed by atoms with Crippen molar-refractivity contribution in [3.05, 3.63) is 90.0 Å². The van der Waals surface area contributed by atoms with Crippen molar-refractivity contribution in [3.8, 4) is 27.6 Å². The van der Waals surface area contributed by atoms with Gasteiger partial charge < -0.3 is 4.57 Å². The van der Waals surface area contributed by atoms with Crippen LogP contribution in [0.15, 0.2) is 73.1 Å². The number of carbonyl (C=O) groups excluding carboxylic acids is 1. The molecule has 164 valence electrons. The number of nitrogens with one attached hydrogen (secondary N) is 1. The van der Waals surface area contributed by atoms with E-state index in [1.54, 1.807) is 18.3 Å². The van der Waals surface area contributed by atoms with Gasteiger partial charge in [-0.3, -0.25) is 10.1 Å². The Kier molecular flexibility index (Phi) is 5.35. The summed E-state index contributed by atoms with van der Waals surface area (Å²) in [5, 5.41) is 7.98. The molecule has 3 aromatic heterocycles. The van der Waals surface area contributed by atoms with E-state index in [4.69, 9.17) is 4.98 Å². The molecule has 1 N–H and O–H groups in total. The molecule has 0 aliphatic rings. The van der Waals surface area contributed by atoms with E-state index in [0.717, 1.165) is 39.0 Å². The first-order valence-electron chi connectivity index (χ1n) is 10.5. The fraction of sp³-hybridized carbons (Fsp3) is 0.120. The van der Waals surface area contributed by atoms with Crippen LogP contribution < -0.4 is 5.32 Å². The summed E-state index contributed by atoms with van der Waals surface area (Å²) in [5.74, 6) is 0.593. The van der Waals surface area contributed by atoms with Gasteiger partial charge in [0.2, 0.25) is 0 Å². The molecule has 8 heteroatoms. The van der Waals surface area contributed by atoms with E-state index in [9.17, 15) is 4.79 Å². The average Bonchev–Trinajstić information content (AvgIpc) is 3.52. The lowest BCUT2D eigenvalue weighted by atomic mass is 10.1. The van der Waals surface area contributed by atoms with Crippen molar-refractivity contribution in [2.24, 2.45) is 7.05 Å². The minimum Gasteiger partial charge on any atom is -0.333 e. The van der Waals surface area contributed by atoms with Crippen LogP contribution in [0.1, 0.15) is 21.7 Å². The average molecular weight is 455 g/mol. The fourth-order valence-electron chi connectivity index (χ4n) is 3.71. The van der Waals surface area contributed by atoms with Gasteiger partial charge in [0, 0.05) is 36.3 Å². The Hall–Kier alpha value is -4.04. The quantitative estimate of drug-likeness (QED) is 0.393. The fourth-order valence-corrected chi connectivity index (χ4v) is 4.74. The highest BCUT2D eigenvalue weighted by Crippen LogP contribution is 2.38. The second kappa shape index (κ2) is 8.48. The lowest BCUT2D eigenvalue weighted by molar-refractivity contribution is 0.102. The molecule has 0 spiro atoms. The molecule has 0 aliphatic heterocycles. The van der Waals surface area contributed by atoms with Crippen LogP contribution in [0.2, 0.25) is 0 Å². The molecule has 0 aliphatic carbocycles. The van der Waals surface area contributed by atoms with Gasteiger partial charge in [0.25, 0.3) is 5.91 Å². The van der Waals surface area contributed by atoms with Gasteiger partial charge in [0.1, 0.15) is 0 Å². The highest BCUT2D eigenvalue weighted by Gasteiger charge is 2.19. The molecular weight excluding hydrogens is 432 g/mol. The lowest BCUT2D eigenvalue weighted by Crippen LogP contribution is -2.12. The van der Waals surface area contributed by atoms with Crippen LogP contribution >= 0.6 is 11.3 Å². The molecule has 0 atom stereocenters. The van der Waals surface area contributed by atoms with Crippen molar-refractivity contribution in [3.63, 3.8) is 0 Å². The molecular formula is C25H22N6OS. The van der Waals surface area contributed by atoms with Crippen molar-refractivity contribution in [2.45, 2.75) is 13.8 Å². The Morgan fingerprint density at radius 3 is 2.42 bits per heavy atom. The predicted molar refractivity (Wildman–Crippen MR) is 131 cm³/mol. The normalized spacial score (nSPS) is 11.0. The number of benzene rings is 2. The van der Waals surface area contributed by atoms with Gasteiger partial charge in [-0.05, 0) is 44.2 Å². The molecule has 33 heavy (non-hydrogen) atoms. The van der Waals surface area contributed by atoms with Crippen LogP contribution in [-0.2, 0) is 7.05 Å². The molecule has 5 aromatic rings. The van der Waals surface area contributed by atoms with E-state index in [1.165, 1.54) is 11.3 Å². The van der Waals surface area contributed by atoms with Crippen molar-refractivity contribution in [2.75, 3.05) is 5.32 Å². The first-order valence-corrected chi connectivity index (χ1v) is 11.3. The molecule has 1 amide bonds. The molecule has 0 saturated heterocycles. The topological polar surface area (TPSA) is 77.6 Å². The number of hydrogen-bond acceptors (Lipinski definition) is 5. The number of hydrogen-bond donors (Lipinski definition) is 1. The molecule has 0 saturated carbocycles. The Morgan fingerprint density at radius 1 is 1.03 bits per heavy atom. The van der Waals surface area contributed by atoms with Crippen molar-refractivity contribution in [1.29, 1.82) is 0 Å². The summed E-state index contributed by atoms with van der Waals surface area (Å²) in [6.07, 6.45) is 3.65. The molecule has 5 rings (SSSR count). The summed E-state index contributed by atoms with van der Waals surface area (Å²) >= 11 is 1.41. The predicted octanol–water partition coefficient (Wildman–Crippen LogP) is 5.27. The third-order valence-electron chi connectivity index (χ3n) is 5.30. The van der Waals surface area contributed by atoms with E-state index in [2.05, 4.69) is 15.4 Å². The number of anilines is 1. The van der Waals surface area contributed by atoms with Crippen LogP contribution in [0.5, 0.6) is 0 Å². The molecule has 0 unspecified atom stereocenters. The standard InChI is InChI=1S/C25H22N6OS/c1-16-15-17(2)31(29-16)20-11-9-19(10-12-20)24(32)28-25-27-21(18-7-5-4-6-8-18)22(33-25)23-26-13-14-30(23)3/h4-15H,1-3H3,(H,27,28,32). The maximum absolute atomic E-state index is 13.0. The highest BCUT2D eigenvalue weighted by molar-refractivity contribution is 7.19. The number of thiazole rings is 1. The molecule has 0 fully saturated rings. The van der Waals surface area contributed by atoms with Crippen molar-refractivity contribution < 1.29 is 4.79 Å². The van der Waals surface area contributed by atoms with Gasteiger partial charge in [0.15, 0.2) is 11.0 Å². The summed E-state index contributed by atoms with van der Waals surface area (Å²) < 4.78 is 3.81. The Bertz CT molecular complexity index is 1430. The minimum absolute atomic E-state index is 0.213. The first-order chi connectivity index (χ1) is 16.0. The van der Waals surface area contributed by atoms with Gasteiger partial charge in [0.05, 0.1) is 22.0 Å². The lowest BCUT2D eigenvalue weighted by Gasteiger charge is -2.06. The van der Waals surface area contributed by atoms with Gasteiger partial charge >= 0.3 is 0 Å². The zero-order valence-electron chi connectivity index (χ0n) is 18.5. The number of carbonyl (C=O) groups is 1. The number of imidazole rings is 1. The summed E-state index contributed by atoms with van der Waals surface area (Å²) in [4.78, 5) is 23.1. The maximum Gasteiger partial charge on any atom is 0.257 e. The second-order valence-corrected chi connectivity index (χ2v) is 8.76. The maximum atomic E-state index is 13.0. The zero-order valence-corrected chi connectivity index (χ0v) is 19.3. The zero-order chi connectivity index (χ0) is 22.9. The number of amides is 1. The van der Waals surface area contributed by atoms with E-state index in [1.807, 2.05) is 84.9 Å². The summed E-state index contributed by atoms with van der Waals surface area (Å²) in [6, 6.07) is 19.3. The van der Waals surface area contributed by atoms with Crippen LogP contribution in [0.3, 0.4) is 0 Å². The molecule has 3 heterocycles. The van der Waals surface area contributed by atoms with Gasteiger partial charge in [-0.25, -0.2) is 14.6 Å². The van der Waals surface area contributed by atoms with E-state index >= 15 is 0 Å². The van der Waals surface area contributed by atoms with Gasteiger partial charge in [-0.2, -0.15) is 5.10 Å². The number of aryl methyl sites for hydroxylation is 3. The van der Waals surface area contributed by atoms with E-state index in [0.29, 0.717) is 10.7 Å². The summed E-state index contributed by atoms with van der Waals surface area (Å²) in [7, 11) is 1.94. The van der Waals surface area contributed by atoms with Crippen molar-refractivity contribution >= 4 is 22.4 Å². The minimum atomic E-state index is -0.213. The summed E-state index contributed by atoms with van der Waals surface area (Å²) in [6.45, 7) is 3.97. The third-order valence-corrected chi connectivity index (χ3v) is 6.27. The molecule has 0 radical (unpaired) electrons. The van der Waals surface area contributed by atoms with E-state index < -0.39 is 0 Å². The van der Waals surface area contributed by atoms with E-state index in [-0.39, 0.29) is 5.91 Å². The highest BCUT2D eigenvalue weighted by atomic mass is 32.1. The SMILES string of the molecule is Cc1cc(C)n(-c2ccc(C(=O)Nc3nc(-c4ccccc4)c(-c4nccn4C)s3)cc2)n1. The first kappa shape index (κ1) is 20.8. The molecule has 0 bridgehead atoms. The third kappa shape index (κ3) is 4.08. The Balaban J connectivity index is 1.43. The van der Waals surface area contributed by atoms with Crippen LogP contribution in [0.25, 0.3) is 27.6 Å². The molecule has 2 aromatic carbocycles. The van der Waals surface area contributed by atoms with Gasteiger partial charge in [-0.1, -0.05) is 41.7 Å². The Labute approximate surface area is 195 Å². The largest absolute Gasteiger partial charge is 0.333 e. The smallest absolute Gasteiger partial charge is 0.257 e. The number of nitrogens with zero attached hydrogens (tertiary/aromatic N) is 5. The van der Waals surface area contributed by atoms with Crippen LogP contribution in [0, 0.1) is 13.8 Å². The van der Waals surface area contributed by atoms with Crippen LogP contribution in [0.4, 0.5) is 5.13 Å². The monoisotopic (exact) mass is 454 g/mol. The number of rotatable bonds is 5. The second-order valence-electron chi connectivity index (χ2n) is 7.76. The van der Waals surface area contributed by atoms with Crippen molar-refractivity contribution in [1.82, 2.24) is 24.3 Å². The van der Waals surface area contributed by atoms with Gasteiger partial charge in [-0.15, -0.1) is 0 Å². The van der Waals surface area contributed by atoms with Crippen LogP contribution in [-0.4, -0.2) is 30.2 Å². The molecule has 7 nitrogen and oxygen atoms in total.